The molecule has 0 atom stereocenters. The average molecular weight is 293 g/mol. The Morgan fingerprint density at radius 1 is 1.40 bits per heavy atom. The number of carbonyl (C=O) groups is 2. The number of hydrogen-bond acceptors (Lipinski definition) is 4. The summed E-state index contributed by atoms with van der Waals surface area (Å²) in [5.41, 5.74) is 3.07. The van der Waals surface area contributed by atoms with Crippen LogP contribution in [0.3, 0.4) is 0 Å². The van der Waals surface area contributed by atoms with E-state index < -0.39 is 0 Å². The van der Waals surface area contributed by atoms with Crippen molar-refractivity contribution in [1.82, 2.24) is 10.7 Å². The molecule has 108 valence electrons. The Hall–Kier alpha value is -1.69. The van der Waals surface area contributed by atoms with Crippen LogP contribution in [0.2, 0.25) is 0 Å². The first-order chi connectivity index (χ1) is 9.65. The van der Waals surface area contributed by atoms with Crippen LogP contribution in [0, 0.1) is 0 Å². The molecule has 2 N–H and O–H groups in total. The minimum Gasteiger partial charge on any atom is -0.353 e. The zero-order valence-electron chi connectivity index (χ0n) is 11.5. The molecule has 0 aliphatic heterocycles. The molecule has 2 amide bonds. The summed E-state index contributed by atoms with van der Waals surface area (Å²) >= 11 is 1.36. The molecule has 0 bridgehead atoms. The van der Waals surface area contributed by atoms with Crippen LogP contribution in [-0.2, 0) is 4.79 Å². The molecule has 0 unspecified atom stereocenters. The van der Waals surface area contributed by atoms with Crippen LogP contribution >= 0.6 is 11.3 Å². The van der Waals surface area contributed by atoms with E-state index >= 15 is 0 Å². The van der Waals surface area contributed by atoms with Gasteiger partial charge < -0.3 is 5.32 Å². The standard InChI is InChI=1S/C14H19N3O2S/c1-10(9-13(18)15-11-5-2-3-6-11)16-17-14(19)12-7-4-8-20-12/h4,7-8,11H,2-3,5-6,9H2,1H3,(H,15,18)(H,17,19)/b16-10+. The highest BCUT2D eigenvalue weighted by Crippen LogP contribution is 2.17. The first kappa shape index (κ1) is 14.7. The van der Waals surface area contributed by atoms with Gasteiger partial charge in [-0.05, 0) is 31.2 Å². The Labute approximate surface area is 122 Å². The third-order valence-corrected chi connectivity index (χ3v) is 4.10. The summed E-state index contributed by atoms with van der Waals surface area (Å²) in [4.78, 5) is 24.1. The normalized spacial score (nSPS) is 16.1. The van der Waals surface area contributed by atoms with Gasteiger partial charge in [-0.1, -0.05) is 18.9 Å². The third-order valence-electron chi connectivity index (χ3n) is 3.23. The summed E-state index contributed by atoms with van der Waals surface area (Å²) in [6.07, 6.45) is 4.74. The minimum atomic E-state index is -0.240. The van der Waals surface area contributed by atoms with Gasteiger partial charge in [-0.15, -0.1) is 11.3 Å². The maximum absolute atomic E-state index is 11.8. The number of nitrogens with one attached hydrogen (secondary N) is 2. The largest absolute Gasteiger partial charge is 0.353 e. The summed E-state index contributed by atoms with van der Waals surface area (Å²) in [6.45, 7) is 1.74. The second-order valence-corrected chi connectivity index (χ2v) is 5.94. The fourth-order valence-corrected chi connectivity index (χ4v) is 2.84. The quantitative estimate of drug-likeness (QED) is 0.646. The molecule has 0 aromatic carbocycles. The summed E-state index contributed by atoms with van der Waals surface area (Å²) in [6, 6.07) is 3.86. The number of thiophene rings is 1. The second-order valence-electron chi connectivity index (χ2n) is 4.99. The van der Waals surface area contributed by atoms with E-state index in [0.29, 0.717) is 16.6 Å². The monoisotopic (exact) mass is 293 g/mol. The van der Waals surface area contributed by atoms with Gasteiger partial charge in [0.2, 0.25) is 5.91 Å². The molecule has 1 saturated carbocycles. The van der Waals surface area contributed by atoms with E-state index in [1.807, 2.05) is 11.4 Å². The SMILES string of the molecule is C/C(CC(=O)NC1CCCC1)=N\NC(=O)c1cccs1. The molecule has 1 aromatic heterocycles. The van der Waals surface area contributed by atoms with Crippen molar-refractivity contribution in [3.8, 4) is 0 Å². The van der Waals surface area contributed by atoms with E-state index in [2.05, 4.69) is 15.8 Å². The zero-order chi connectivity index (χ0) is 14.4. The van der Waals surface area contributed by atoms with Crippen molar-refractivity contribution in [3.63, 3.8) is 0 Å². The predicted octanol–water partition coefficient (Wildman–Crippen LogP) is 2.30. The molecule has 1 aliphatic carbocycles. The Morgan fingerprint density at radius 3 is 2.80 bits per heavy atom. The molecule has 0 radical (unpaired) electrons. The van der Waals surface area contributed by atoms with Gasteiger partial charge in [-0.3, -0.25) is 9.59 Å². The van der Waals surface area contributed by atoms with Crippen molar-refractivity contribution in [2.75, 3.05) is 0 Å². The van der Waals surface area contributed by atoms with Crippen molar-refractivity contribution in [1.29, 1.82) is 0 Å². The van der Waals surface area contributed by atoms with Crippen LogP contribution < -0.4 is 10.7 Å². The summed E-state index contributed by atoms with van der Waals surface area (Å²) in [7, 11) is 0. The lowest BCUT2D eigenvalue weighted by atomic mass is 10.2. The molecule has 2 rings (SSSR count). The smallest absolute Gasteiger partial charge is 0.281 e. The lowest BCUT2D eigenvalue weighted by Crippen LogP contribution is -2.33. The first-order valence-corrected chi connectivity index (χ1v) is 7.69. The van der Waals surface area contributed by atoms with Crippen LogP contribution in [0.15, 0.2) is 22.6 Å². The molecule has 0 saturated heterocycles. The van der Waals surface area contributed by atoms with Gasteiger partial charge in [0.1, 0.15) is 0 Å². The number of carbonyl (C=O) groups excluding carboxylic acids is 2. The molecule has 1 fully saturated rings. The topological polar surface area (TPSA) is 70.6 Å². The Bertz CT molecular complexity index is 491. The van der Waals surface area contributed by atoms with Crippen LogP contribution in [-0.4, -0.2) is 23.6 Å². The van der Waals surface area contributed by atoms with Crippen molar-refractivity contribution < 1.29 is 9.59 Å². The highest BCUT2D eigenvalue weighted by molar-refractivity contribution is 7.12. The average Bonchev–Trinajstić information content (AvgIpc) is 3.08. The number of amides is 2. The van der Waals surface area contributed by atoms with Crippen LogP contribution in [0.5, 0.6) is 0 Å². The van der Waals surface area contributed by atoms with E-state index in [1.54, 1.807) is 13.0 Å². The molecule has 6 heteroatoms. The van der Waals surface area contributed by atoms with E-state index in [9.17, 15) is 9.59 Å². The fraction of sp³-hybridized carbons (Fsp3) is 0.500. The summed E-state index contributed by atoms with van der Waals surface area (Å²) in [5, 5.41) is 8.79. The Morgan fingerprint density at radius 2 is 2.15 bits per heavy atom. The predicted molar refractivity (Wildman–Crippen MR) is 79.9 cm³/mol. The van der Waals surface area contributed by atoms with E-state index in [0.717, 1.165) is 12.8 Å². The third kappa shape index (κ3) is 4.45. The van der Waals surface area contributed by atoms with E-state index in [4.69, 9.17) is 0 Å². The van der Waals surface area contributed by atoms with Gasteiger partial charge in [0.15, 0.2) is 0 Å². The zero-order valence-corrected chi connectivity index (χ0v) is 12.3. The Kier molecular flexibility index (Phi) is 5.29. The van der Waals surface area contributed by atoms with Gasteiger partial charge in [0.25, 0.3) is 5.91 Å². The molecule has 1 aromatic rings. The van der Waals surface area contributed by atoms with Gasteiger partial charge in [0, 0.05) is 11.8 Å². The highest BCUT2D eigenvalue weighted by atomic mass is 32.1. The van der Waals surface area contributed by atoms with Crippen molar-refractivity contribution >= 4 is 28.9 Å². The molecule has 5 nitrogen and oxygen atoms in total. The van der Waals surface area contributed by atoms with Crippen molar-refractivity contribution in [2.24, 2.45) is 5.10 Å². The Balaban J connectivity index is 1.75. The summed E-state index contributed by atoms with van der Waals surface area (Å²) in [5.74, 6) is -0.265. The lowest BCUT2D eigenvalue weighted by molar-refractivity contribution is -0.120. The number of rotatable bonds is 5. The number of hydrazone groups is 1. The fourth-order valence-electron chi connectivity index (χ4n) is 2.23. The molecular formula is C14H19N3O2S. The molecular weight excluding hydrogens is 274 g/mol. The maximum atomic E-state index is 11.8. The van der Waals surface area contributed by atoms with Gasteiger partial charge >= 0.3 is 0 Å². The molecule has 1 heterocycles. The molecule has 1 aliphatic rings. The minimum absolute atomic E-state index is 0.0245. The van der Waals surface area contributed by atoms with E-state index in [1.165, 1.54) is 24.2 Å². The van der Waals surface area contributed by atoms with E-state index in [-0.39, 0.29) is 18.2 Å². The number of hydrogen-bond donors (Lipinski definition) is 2. The maximum Gasteiger partial charge on any atom is 0.281 e. The van der Waals surface area contributed by atoms with Crippen molar-refractivity contribution in [3.05, 3.63) is 22.4 Å². The lowest BCUT2D eigenvalue weighted by Gasteiger charge is -2.11. The number of nitrogens with zero attached hydrogens (tertiary/aromatic N) is 1. The van der Waals surface area contributed by atoms with Crippen LogP contribution in [0.4, 0.5) is 0 Å². The van der Waals surface area contributed by atoms with Gasteiger partial charge in [0.05, 0.1) is 11.3 Å². The molecule has 0 spiro atoms. The van der Waals surface area contributed by atoms with Crippen molar-refractivity contribution in [2.45, 2.75) is 45.1 Å². The summed E-state index contributed by atoms with van der Waals surface area (Å²) < 4.78 is 0. The van der Waals surface area contributed by atoms with Crippen LogP contribution in [0.1, 0.15) is 48.7 Å². The first-order valence-electron chi connectivity index (χ1n) is 6.81. The second kappa shape index (κ2) is 7.19. The van der Waals surface area contributed by atoms with Gasteiger partial charge in [-0.2, -0.15) is 5.10 Å². The van der Waals surface area contributed by atoms with Gasteiger partial charge in [-0.25, -0.2) is 5.43 Å². The highest BCUT2D eigenvalue weighted by Gasteiger charge is 2.17. The molecule has 20 heavy (non-hydrogen) atoms. The van der Waals surface area contributed by atoms with Crippen LogP contribution in [0.25, 0.3) is 0 Å².